The summed E-state index contributed by atoms with van der Waals surface area (Å²) in [6, 6.07) is 16.7. The van der Waals surface area contributed by atoms with Crippen molar-refractivity contribution in [3.63, 3.8) is 0 Å². The fourth-order valence-electron chi connectivity index (χ4n) is 1.48. The van der Waals surface area contributed by atoms with E-state index >= 15 is 0 Å². The number of unbranched alkanes of at least 4 members (excludes halogenated alkanes) is 2. The van der Waals surface area contributed by atoms with Crippen LogP contribution in [0, 0.1) is 0 Å². The quantitative estimate of drug-likeness (QED) is 0.519. The Balaban J connectivity index is 0.000000324. The van der Waals surface area contributed by atoms with Crippen LogP contribution >= 0.6 is 25.1 Å². The summed E-state index contributed by atoms with van der Waals surface area (Å²) in [5.74, 6) is 0.827. The van der Waals surface area contributed by atoms with Crippen molar-refractivity contribution in [2.45, 2.75) is 26.2 Å². The highest BCUT2D eigenvalue weighted by Crippen LogP contribution is 2.11. The van der Waals surface area contributed by atoms with Gasteiger partial charge in [0.05, 0.1) is 0 Å². The van der Waals surface area contributed by atoms with Gasteiger partial charge >= 0.3 is 0 Å². The molecule has 2 aromatic rings. The molecule has 0 heterocycles. The minimum Gasteiger partial charge on any atom is -0.197 e. The van der Waals surface area contributed by atoms with Crippen molar-refractivity contribution in [3.05, 3.63) is 48.5 Å². The third-order valence-electron chi connectivity index (χ3n) is 2.40. The van der Waals surface area contributed by atoms with E-state index in [9.17, 15) is 0 Å². The minimum absolute atomic E-state index is 0. The first-order chi connectivity index (χ1) is 7.88. The molecule has 0 fully saturated rings. The highest BCUT2D eigenvalue weighted by molar-refractivity contribution is 7.59. The molecular weight excluding hydrogens is 248 g/mol. The first kappa shape index (κ1) is 16.3. The average Bonchev–Trinajstić information content (AvgIpc) is 2.37. The minimum atomic E-state index is 0. The average molecular weight is 269 g/mol. The number of rotatable bonds is 3. The van der Waals surface area contributed by atoms with E-state index in [1.165, 1.54) is 30.0 Å². The van der Waals surface area contributed by atoms with Gasteiger partial charge in [-0.1, -0.05) is 68.3 Å². The van der Waals surface area contributed by atoms with Crippen LogP contribution in [0.4, 0.5) is 0 Å². The predicted molar refractivity (Wildman–Crippen MR) is 84.6 cm³/mol. The summed E-state index contributed by atoms with van der Waals surface area (Å²) >= 11 is 5.38. The Labute approximate surface area is 116 Å². The summed E-state index contributed by atoms with van der Waals surface area (Å²) in [6.45, 7) is 2.17. The van der Waals surface area contributed by atoms with Gasteiger partial charge in [-0.3, -0.25) is 0 Å². The van der Waals surface area contributed by atoms with Crippen LogP contribution in [0.5, 0.6) is 0 Å². The Morgan fingerprint density at radius 2 is 1.24 bits per heavy atom. The fraction of sp³-hybridized carbons (Fsp3) is 0.333. The standard InChI is InChI=1S/C10H8.C5H11Cl.H2S/c1-2-6-10-8-4-3-7-9(10)5-1;1-2-3-4-5-6;/h1-8H;2-5H2,1H3;1H2. The molecule has 0 nitrogen and oxygen atoms in total. The number of fused-ring (bicyclic) bond motifs is 1. The number of hydrogen-bond acceptors (Lipinski definition) is 0. The van der Waals surface area contributed by atoms with Gasteiger partial charge in [-0.2, -0.15) is 13.5 Å². The van der Waals surface area contributed by atoms with Gasteiger partial charge in [0, 0.05) is 5.88 Å². The molecule has 0 unspecified atom stereocenters. The second-order valence-corrected chi connectivity index (χ2v) is 4.12. The van der Waals surface area contributed by atoms with Crippen LogP contribution < -0.4 is 0 Å². The molecule has 0 radical (unpaired) electrons. The summed E-state index contributed by atoms with van der Waals surface area (Å²) in [4.78, 5) is 0. The first-order valence-electron chi connectivity index (χ1n) is 5.88. The highest BCUT2D eigenvalue weighted by Gasteiger charge is 1.85. The second kappa shape index (κ2) is 10.5. The van der Waals surface area contributed by atoms with Crippen LogP contribution in [0.15, 0.2) is 48.5 Å². The SMILES string of the molecule is CCCCCCl.S.c1ccc2ccccc2c1. The number of alkyl halides is 1. The van der Waals surface area contributed by atoms with Crippen molar-refractivity contribution in [1.29, 1.82) is 0 Å². The van der Waals surface area contributed by atoms with Gasteiger partial charge in [-0.05, 0) is 17.2 Å². The second-order valence-electron chi connectivity index (χ2n) is 3.74. The van der Waals surface area contributed by atoms with Crippen molar-refractivity contribution < 1.29 is 0 Å². The van der Waals surface area contributed by atoms with Crippen LogP contribution in [0.3, 0.4) is 0 Å². The predicted octanol–water partition coefficient (Wildman–Crippen LogP) is 5.37. The Hall–Kier alpha value is -0.660. The van der Waals surface area contributed by atoms with Crippen LogP contribution in [0.1, 0.15) is 26.2 Å². The lowest BCUT2D eigenvalue weighted by Crippen LogP contribution is -1.70. The molecule has 0 N–H and O–H groups in total. The van der Waals surface area contributed by atoms with E-state index < -0.39 is 0 Å². The number of benzene rings is 2. The molecule has 94 valence electrons. The van der Waals surface area contributed by atoms with Crippen molar-refractivity contribution in [2.75, 3.05) is 5.88 Å². The lowest BCUT2D eigenvalue weighted by atomic mass is 10.1. The molecule has 0 saturated heterocycles. The lowest BCUT2D eigenvalue weighted by Gasteiger charge is -1.92. The van der Waals surface area contributed by atoms with Gasteiger partial charge in [0.1, 0.15) is 0 Å². The zero-order valence-electron chi connectivity index (χ0n) is 10.3. The molecule has 0 bridgehead atoms. The van der Waals surface area contributed by atoms with Gasteiger partial charge < -0.3 is 0 Å². The molecule has 17 heavy (non-hydrogen) atoms. The van der Waals surface area contributed by atoms with Gasteiger partial charge in [-0.15, -0.1) is 11.6 Å². The Bertz CT molecular complexity index is 331. The molecule has 0 atom stereocenters. The van der Waals surface area contributed by atoms with Gasteiger partial charge in [0.15, 0.2) is 0 Å². The molecule has 0 amide bonds. The molecule has 0 aliphatic carbocycles. The maximum absolute atomic E-state index is 5.38. The molecule has 0 saturated carbocycles. The summed E-state index contributed by atoms with van der Waals surface area (Å²) in [6.07, 6.45) is 3.73. The first-order valence-corrected chi connectivity index (χ1v) is 6.41. The summed E-state index contributed by atoms with van der Waals surface area (Å²) in [7, 11) is 0. The molecule has 0 aromatic heterocycles. The zero-order valence-corrected chi connectivity index (χ0v) is 12.1. The van der Waals surface area contributed by atoms with E-state index in [-0.39, 0.29) is 13.5 Å². The molecule has 0 aliphatic rings. The topological polar surface area (TPSA) is 0 Å². The van der Waals surface area contributed by atoms with Gasteiger partial charge in [0.25, 0.3) is 0 Å². The number of hydrogen-bond donors (Lipinski definition) is 0. The largest absolute Gasteiger partial charge is 0.197 e. The van der Waals surface area contributed by atoms with Crippen molar-refractivity contribution in [1.82, 2.24) is 0 Å². The van der Waals surface area contributed by atoms with E-state index in [1.807, 2.05) is 0 Å². The van der Waals surface area contributed by atoms with Crippen LogP contribution in [0.2, 0.25) is 0 Å². The summed E-state index contributed by atoms with van der Waals surface area (Å²) in [5, 5.41) is 2.62. The Morgan fingerprint density at radius 1 is 0.824 bits per heavy atom. The highest BCUT2D eigenvalue weighted by atomic mass is 35.5. The van der Waals surface area contributed by atoms with Crippen molar-refractivity contribution in [3.8, 4) is 0 Å². The fourth-order valence-corrected chi connectivity index (χ4v) is 1.67. The molecule has 0 spiro atoms. The zero-order chi connectivity index (χ0) is 11.6. The van der Waals surface area contributed by atoms with Crippen molar-refractivity contribution >= 4 is 35.9 Å². The smallest absolute Gasteiger partial charge is 0.0223 e. The monoisotopic (exact) mass is 268 g/mol. The van der Waals surface area contributed by atoms with Gasteiger partial charge in [-0.25, -0.2) is 0 Å². The van der Waals surface area contributed by atoms with E-state index in [2.05, 4.69) is 55.5 Å². The Kier molecular flexibility index (Phi) is 10.1. The lowest BCUT2D eigenvalue weighted by molar-refractivity contribution is 0.776. The molecule has 0 aliphatic heterocycles. The molecule has 2 heteroatoms. The van der Waals surface area contributed by atoms with Crippen LogP contribution in [-0.4, -0.2) is 5.88 Å². The normalized spacial score (nSPS) is 9.06. The van der Waals surface area contributed by atoms with E-state index in [0.717, 1.165) is 5.88 Å². The summed E-state index contributed by atoms with van der Waals surface area (Å²) in [5.41, 5.74) is 0. The summed E-state index contributed by atoms with van der Waals surface area (Å²) < 4.78 is 0. The van der Waals surface area contributed by atoms with Crippen LogP contribution in [-0.2, 0) is 0 Å². The Morgan fingerprint density at radius 3 is 1.47 bits per heavy atom. The third-order valence-corrected chi connectivity index (χ3v) is 2.66. The van der Waals surface area contributed by atoms with E-state index in [0.29, 0.717) is 0 Å². The third kappa shape index (κ3) is 6.60. The number of halogens is 1. The van der Waals surface area contributed by atoms with E-state index in [1.54, 1.807) is 0 Å². The van der Waals surface area contributed by atoms with Crippen molar-refractivity contribution in [2.24, 2.45) is 0 Å². The molecular formula is C15H21ClS. The van der Waals surface area contributed by atoms with Crippen LogP contribution in [0.25, 0.3) is 10.8 Å². The molecule has 2 aromatic carbocycles. The maximum atomic E-state index is 5.38. The van der Waals surface area contributed by atoms with E-state index in [4.69, 9.17) is 11.6 Å². The maximum Gasteiger partial charge on any atom is 0.0223 e. The van der Waals surface area contributed by atoms with Gasteiger partial charge in [0.2, 0.25) is 0 Å². The molecule has 2 rings (SSSR count).